The summed E-state index contributed by atoms with van der Waals surface area (Å²) in [6.45, 7) is 1.99. The summed E-state index contributed by atoms with van der Waals surface area (Å²) in [4.78, 5) is 14.3. The summed E-state index contributed by atoms with van der Waals surface area (Å²) >= 11 is 0. The maximum absolute atomic E-state index is 12.7. The van der Waals surface area contributed by atoms with E-state index >= 15 is 0 Å². The molecule has 1 aromatic rings. The average Bonchev–Trinajstić information content (AvgIpc) is 2.88. The maximum Gasteiger partial charge on any atom is 0.252 e. The molecule has 23 heavy (non-hydrogen) atoms. The predicted octanol–water partition coefficient (Wildman–Crippen LogP) is 3.84. The van der Waals surface area contributed by atoms with E-state index in [1.54, 1.807) is 4.90 Å². The molecule has 1 heterocycles. The smallest absolute Gasteiger partial charge is 0.252 e. The van der Waals surface area contributed by atoms with Crippen LogP contribution in [0, 0.1) is 11.3 Å². The molecule has 1 aromatic carbocycles. The molecule has 2 fully saturated rings. The Hall–Kier alpha value is -1.84. The molecule has 1 aliphatic heterocycles. The molecule has 4 heteroatoms. The Morgan fingerprint density at radius 3 is 2.57 bits per heavy atom. The van der Waals surface area contributed by atoms with Gasteiger partial charge in [0.2, 0.25) is 0 Å². The standard InChI is InChI=1S/C19H27N3O/c1-14(16-10-6-3-7-11-16)22-18(23)17(21-19(22)20)13-12-15-8-4-2-5-9-15/h3,6-7,10-11,14-15,17H,2,4-5,8-9,12-13H2,1H3,(H2,20,21)/t14-,17?/m1/s1. The Balaban J connectivity index is 1.60. The minimum absolute atomic E-state index is 0.0576. The fraction of sp³-hybridized carbons (Fsp3) is 0.579. The van der Waals surface area contributed by atoms with Crippen molar-refractivity contribution in [2.45, 2.75) is 64.0 Å². The van der Waals surface area contributed by atoms with Gasteiger partial charge in [0.1, 0.15) is 6.04 Å². The molecule has 2 atom stereocenters. The van der Waals surface area contributed by atoms with Crippen LogP contribution in [-0.2, 0) is 4.79 Å². The molecule has 124 valence electrons. The summed E-state index contributed by atoms with van der Waals surface area (Å²) in [7, 11) is 0. The maximum atomic E-state index is 12.7. The normalized spacial score (nSPS) is 23.9. The van der Waals surface area contributed by atoms with Crippen LogP contribution in [0.25, 0.3) is 0 Å². The van der Waals surface area contributed by atoms with Gasteiger partial charge in [0.15, 0.2) is 5.96 Å². The van der Waals surface area contributed by atoms with Crippen molar-refractivity contribution in [2.75, 3.05) is 0 Å². The van der Waals surface area contributed by atoms with Crippen LogP contribution in [0.5, 0.6) is 0 Å². The van der Waals surface area contributed by atoms with Crippen LogP contribution in [-0.4, -0.2) is 22.8 Å². The molecule has 0 spiro atoms. The van der Waals surface area contributed by atoms with E-state index in [9.17, 15) is 4.79 Å². The van der Waals surface area contributed by atoms with Gasteiger partial charge in [-0.3, -0.25) is 15.1 Å². The molecule has 1 aliphatic carbocycles. The average molecular weight is 313 g/mol. The van der Waals surface area contributed by atoms with Crippen molar-refractivity contribution in [3.05, 3.63) is 35.9 Å². The number of carbonyl (C=O) groups is 1. The number of nitrogens with one attached hydrogen (secondary N) is 2. The highest BCUT2D eigenvalue weighted by Crippen LogP contribution is 2.30. The number of amides is 1. The third-order valence-corrected chi connectivity index (χ3v) is 5.34. The van der Waals surface area contributed by atoms with E-state index in [1.807, 2.05) is 37.3 Å². The van der Waals surface area contributed by atoms with E-state index in [4.69, 9.17) is 5.41 Å². The Kier molecular flexibility index (Phi) is 4.99. The van der Waals surface area contributed by atoms with Gasteiger partial charge in [0, 0.05) is 0 Å². The van der Waals surface area contributed by atoms with Gasteiger partial charge in [0.05, 0.1) is 6.04 Å². The van der Waals surface area contributed by atoms with E-state index in [1.165, 1.54) is 32.1 Å². The van der Waals surface area contributed by atoms with Crippen molar-refractivity contribution >= 4 is 11.9 Å². The summed E-state index contributed by atoms with van der Waals surface area (Å²) < 4.78 is 0. The fourth-order valence-corrected chi connectivity index (χ4v) is 3.91. The van der Waals surface area contributed by atoms with E-state index in [2.05, 4.69) is 5.32 Å². The second-order valence-electron chi connectivity index (χ2n) is 6.92. The molecular weight excluding hydrogens is 286 g/mol. The quantitative estimate of drug-likeness (QED) is 0.867. The van der Waals surface area contributed by atoms with Gasteiger partial charge in [-0.1, -0.05) is 62.4 Å². The third-order valence-electron chi connectivity index (χ3n) is 5.34. The minimum Gasteiger partial charge on any atom is -0.344 e. The van der Waals surface area contributed by atoms with Gasteiger partial charge in [0.25, 0.3) is 5.91 Å². The number of hydrogen-bond acceptors (Lipinski definition) is 2. The number of benzene rings is 1. The van der Waals surface area contributed by atoms with E-state index < -0.39 is 0 Å². The molecule has 4 nitrogen and oxygen atoms in total. The lowest BCUT2D eigenvalue weighted by molar-refractivity contribution is -0.128. The Morgan fingerprint density at radius 1 is 1.17 bits per heavy atom. The summed E-state index contributed by atoms with van der Waals surface area (Å²) in [5, 5.41) is 11.3. The lowest BCUT2D eigenvalue weighted by Gasteiger charge is -2.24. The second kappa shape index (κ2) is 7.16. The van der Waals surface area contributed by atoms with Crippen LogP contribution < -0.4 is 5.32 Å². The lowest BCUT2D eigenvalue weighted by Crippen LogP contribution is -2.34. The Bertz CT molecular complexity index is 551. The van der Waals surface area contributed by atoms with Crippen LogP contribution >= 0.6 is 0 Å². The summed E-state index contributed by atoms with van der Waals surface area (Å²) in [6.07, 6.45) is 8.61. The lowest BCUT2D eigenvalue weighted by atomic mass is 9.85. The van der Waals surface area contributed by atoms with Crippen molar-refractivity contribution in [1.29, 1.82) is 5.41 Å². The summed E-state index contributed by atoms with van der Waals surface area (Å²) in [5.74, 6) is 1.08. The second-order valence-corrected chi connectivity index (χ2v) is 6.92. The van der Waals surface area contributed by atoms with Crippen LogP contribution in [0.4, 0.5) is 0 Å². The van der Waals surface area contributed by atoms with Gasteiger partial charge >= 0.3 is 0 Å². The van der Waals surface area contributed by atoms with Crippen LogP contribution in [0.2, 0.25) is 0 Å². The zero-order valence-electron chi connectivity index (χ0n) is 13.9. The van der Waals surface area contributed by atoms with Crippen LogP contribution in [0.3, 0.4) is 0 Å². The predicted molar refractivity (Wildman–Crippen MR) is 92.2 cm³/mol. The molecule has 0 radical (unpaired) electrons. The molecule has 1 amide bonds. The summed E-state index contributed by atoms with van der Waals surface area (Å²) in [5.41, 5.74) is 1.07. The highest BCUT2D eigenvalue weighted by molar-refractivity contribution is 6.05. The van der Waals surface area contributed by atoms with Gasteiger partial charge < -0.3 is 5.32 Å². The summed E-state index contributed by atoms with van der Waals surface area (Å²) in [6, 6.07) is 9.65. The number of rotatable bonds is 5. The zero-order chi connectivity index (χ0) is 16.2. The first kappa shape index (κ1) is 16.0. The van der Waals surface area contributed by atoms with Crippen molar-refractivity contribution in [2.24, 2.45) is 5.92 Å². The number of hydrogen-bond donors (Lipinski definition) is 2. The Morgan fingerprint density at radius 2 is 1.87 bits per heavy atom. The molecule has 1 unspecified atom stereocenters. The van der Waals surface area contributed by atoms with Crippen molar-refractivity contribution in [1.82, 2.24) is 10.2 Å². The highest BCUT2D eigenvalue weighted by Gasteiger charge is 2.38. The largest absolute Gasteiger partial charge is 0.344 e. The molecule has 3 rings (SSSR count). The van der Waals surface area contributed by atoms with Gasteiger partial charge in [-0.15, -0.1) is 0 Å². The van der Waals surface area contributed by atoms with Gasteiger partial charge in [-0.25, -0.2) is 0 Å². The monoisotopic (exact) mass is 313 g/mol. The first-order valence-electron chi connectivity index (χ1n) is 8.90. The zero-order valence-corrected chi connectivity index (χ0v) is 13.9. The fourth-order valence-electron chi connectivity index (χ4n) is 3.91. The molecule has 2 aliphatic rings. The van der Waals surface area contributed by atoms with Gasteiger partial charge in [-0.05, 0) is 31.2 Å². The molecule has 1 saturated carbocycles. The number of carbonyl (C=O) groups excluding carboxylic acids is 1. The first-order valence-corrected chi connectivity index (χ1v) is 8.90. The molecule has 0 bridgehead atoms. The Labute approximate surface area is 138 Å². The minimum atomic E-state index is -0.212. The van der Waals surface area contributed by atoms with Crippen molar-refractivity contribution < 1.29 is 4.79 Å². The molecule has 1 saturated heterocycles. The third kappa shape index (κ3) is 3.57. The van der Waals surface area contributed by atoms with E-state index in [0.29, 0.717) is 0 Å². The van der Waals surface area contributed by atoms with Crippen LogP contribution in [0.15, 0.2) is 30.3 Å². The van der Waals surface area contributed by atoms with Crippen molar-refractivity contribution in [3.8, 4) is 0 Å². The number of nitrogens with zero attached hydrogens (tertiary/aromatic N) is 1. The first-order chi connectivity index (χ1) is 11.2. The van der Waals surface area contributed by atoms with Gasteiger partial charge in [-0.2, -0.15) is 0 Å². The van der Waals surface area contributed by atoms with E-state index in [0.717, 1.165) is 24.3 Å². The molecular formula is C19H27N3O. The van der Waals surface area contributed by atoms with E-state index in [-0.39, 0.29) is 24.0 Å². The van der Waals surface area contributed by atoms with Crippen molar-refractivity contribution in [3.63, 3.8) is 0 Å². The molecule has 0 aromatic heterocycles. The SMILES string of the molecule is C[C@H](c1ccccc1)N1C(=N)NC(CCC2CCCCC2)C1=O. The highest BCUT2D eigenvalue weighted by atomic mass is 16.2. The van der Waals surface area contributed by atoms with Crippen LogP contribution in [0.1, 0.15) is 63.5 Å². The molecule has 2 N–H and O–H groups in total. The number of guanidine groups is 1. The topological polar surface area (TPSA) is 56.2 Å².